The number of rotatable bonds is 7. The Morgan fingerprint density at radius 1 is 1.41 bits per heavy atom. The number of aromatic nitrogens is 3. The summed E-state index contributed by atoms with van der Waals surface area (Å²) < 4.78 is 1.78. The predicted octanol–water partition coefficient (Wildman–Crippen LogP) is 1.32. The highest BCUT2D eigenvalue weighted by Crippen LogP contribution is 2.15. The van der Waals surface area contributed by atoms with E-state index in [1.54, 1.807) is 4.68 Å². The molecule has 5 nitrogen and oxygen atoms in total. The minimum Gasteiger partial charge on any atom is -0.319 e. The maximum Gasteiger partial charge on any atom is 0.160 e. The Morgan fingerprint density at radius 3 is 2.59 bits per heavy atom. The first-order chi connectivity index (χ1) is 8.07. The van der Waals surface area contributed by atoms with Gasteiger partial charge in [-0.2, -0.15) is 5.10 Å². The highest BCUT2D eigenvalue weighted by molar-refractivity contribution is 5.89. The van der Waals surface area contributed by atoms with Crippen LogP contribution in [0.3, 0.4) is 0 Å². The van der Waals surface area contributed by atoms with E-state index in [2.05, 4.69) is 17.0 Å². The monoisotopic (exact) mass is 238 g/mol. The fraction of sp³-hybridized carbons (Fsp3) is 0.750. The molecular formula is C12H22N4O. The maximum atomic E-state index is 12.1. The van der Waals surface area contributed by atoms with Gasteiger partial charge in [-0.15, -0.1) is 0 Å². The first-order valence-corrected chi connectivity index (χ1v) is 6.26. The van der Waals surface area contributed by atoms with Crippen LogP contribution in [0.1, 0.15) is 45.9 Å². The molecule has 0 saturated carbocycles. The van der Waals surface area contributed by atoms with Crippen molar-refractivity contribution in [3.63, 3.8) is 0 Å². The summed E-state index contributed by atoms with van der Waals surface area (Å²) >= 11 is 0. The van der Waals surface area contributed by atoms with Crippen molar-refractivity contribution in [3.05, 3.63) is 12.2 Å². The van der Waals surface area contributed by atoms with Crippen molar-refractivity contribution >= 4 is 5.78 Å². The van der Waals surface area contributed by atoms with Gasteiger partial charge in [0, 0.05) is 6.54 Å². The summed E-state index contributed by atoms with van der Waals surface area (Å²) in [6.07, 6.45) is 4.06. The summed E-state index contributed by atoms with van der Waals surface area (Å²) in [4.78, 5) is 16.3. The van der Waals surface area contributed by atoms with Crippen molar-refractivity contribution in [2.45, 2.75) is 58.5 Å². The third-order valence-corrected chi connectivity index (χ3v) is 3.27. The lowest BCUT2D eigenvalue weighted by molar-refractivity contribution is -0.123. The third kappa shape index (κ3) is 3.12. The summed E-state index contributed by atoms with van der Waals surface area (Å²) in [7, 11) is 0. The molecule has 0 bridgehead atoms. The Morgan fingerprint density at radius 2 is 2.06 bits per heavy atom. The summed E-state index contributed by atoms with van der Waals surface area (Å²) in [5, 5.41) is 4.11. The molecule has 0 unspecified atom stereocenters. The van der Waals surface area contributed by atoms with Gasteiger partial charge in [-0.25, -0.2) is 9.67 Å². The Kier molecular flexibility index (Phi) is 4.81. The van der Waals surface area contributed by atoms with Crippen LogP contribution in [0.25, 0.3) is 0 Å². The molecule has 0 fully saturated rings. The first kappa shape index (κ1) is 13.8. The quantitative estimate of drug-likeness (QED) is 0.777. The van der Waals surface area contributed by atoms with Gasteiger partial charge in [0.2, 0.25) is 0 Å². The van der Waals surface area contributed by atoms with E-state index >= 15 is 0 Å². The van der Waals surface area contributed by atoms with Crippen LogP contribution in [0.4, 0.5) is 0 Å². The molecule has 2 N–H and O–H groups in total. The Labute approximate surface area is 102 Å². The average molecular weight is 238 g/mol. The largest absolute Gasteiger partial charge is 0.319 e. The molecular weight excluding hydrogens is 216 g/mol. The second-order valence-corrected chi connectivity index (χ2v) is 4.36. The fourth-order valence-electron chi connectivity index (χ4n) is 1.79. The van der Waals surface area contributed by atoms with Crippen LogP contribution in [0, 0.1) is 0 Å². The van der Waals surface area contributed by atoms with Crippen LogP contribution in [0.15, 0.2) is 6.33 Å². The number of ketones is 1. The Balaban J connectivity index is 2.77. The normalized spacial score (nSPS) is 11.8. The Hall–Kier alpha value is -1.23. The van der Waals surface area contributed by atoms with Crippen LogP contribution in [-0.4, -0.2) is 26.1 Å². The van der Waals surface area contributed by atoms with E-state index < -0.39 is 5.54 Å². The lowest BCUT2D eigenvalue weighted by Crippen LogP contribution is -2.47. The minimum absolute atomic E-state index is 0.0489. The predicted molar refractivity (Wildman–Crippen MR) is 66.5 cm³/mol. The zero-order valence-electron chi connectivity index (χ0n) is 10.9. The number of hydrogen-bond acceptors (Lipinski definition) is 4. The average Bonchev–Trinajstić information content (AvgIpc) is 2.76. The number of hydrogen-bond donors (Lipinski definition) is 1. The van der Waals surface area contributed by atoms with E-state index in [0.29, 0.717) is 18.7 Å². The van der Waals surface area contributed by atoms with Crippen LogP contribution in [0.2, 0.25) is 0 Å². The van der Waals surface area contributed by atoms with Gasteiger partial charge >= 0.3 is 0 Å². The van der Waals surface area contributed by atoms with E-state index in [1.807, 2.05) is 13.8 Å². The van der Waals surface area contributed by atoms with E-state index in [9.17, 15) is 4.79 Å². The highest BCUT2D eigenvalue weighted by Gasteiger charge is 2.30. The summed E-state index contributed by atoms with van der Waals surface area (Å²) in [6.45, 7) is 6.74. The van der Waals surface area contributed by atoms with Gasteiger partial charge in [-0.1, -0.05) is 20.8 Å². The molecule has 1 aromatic heterocycles. The van der Waals surface area contributed by atoms with Gasteiger partial charge in [0.15, 0.2) is 5.78 Å². The standard InChI is InChI=1S/C12H22N4O/c1-4-7-16-11(14-9-15-16)8-10(17)12(13,5-2)6-3/h9H,4-8,13H2,1-3H3. The fourth-order valence-corrected chi connectivity index (χ4v) is 1.79. The first-order valence-electron chi connectivity index (χ1n) is 6.26. The van der Waals surface area contributed by atoms with Crippen LogP contribution in [-0.2, 0) is 17.8 Å². The smallest absolute Gasteiger partial charge is 0.160 e. The zero-order chi connectivity index (χ0) is 12.9. The van der Waals surface area contributed by atoms with Crippen molar-refractivity contribution in [1.82, 2.24) is 14.8 Å². The second-order valence-electron chi connectivity index (χ2n) is 4.36. The lowest BCUT2D eigenvalue weighted by Gasteiger charge is -2.24. The molecule has 1 rings (SSSR count). The molecule has 1 heterocycles. The molecule has 0 spiro atoms. The SMILES string of the molecule is CCCn1ncnc1CC(=O)C(N)(CC)CC. The van der Waals surface area contributed by atoms with Gasteiger partial charge in [-0.3, -0.25) is 4.79 Å². The van der Waals surface area contributed by atoms with Crippen LogP contribution < -0.4 is 5.73 Å². The Bertz CT molecular complexity index is 368. The van der Waals surface area contributed by atoms with Gasteiger partial charge in [0.25, 0.3) is 0 Å². The van der Waals surface area contributed by atoms with Crippen molar-refractivity contribution in [3.8, 4) is 0 Å². The number of nitrogens with two attached hydrogens (primary N) is 1. The zero-order valence-corrected chi connectivity index (χ0v) is 10.9. The molecule has 5 heteroatoms. The molecule has 1 aromatic rings. The van der Waals surface area contributed by atoms with E-state index in [4.69, 9.17) is 5.73 Å². The number of carbonyl (C=O) groups excluding carboxylic acids is 1. The molecule has 0 aromatic carbocycles. The maximum absolute atomic E-state index is 12.1. The molecule has 0 aliphatic rings. The summed E-state index contributed by atoms with van der Waals surface area (Å²) in [5.74, 6) is 0.765. The van der Waals surface area contributed by atoms with Crippen molar-refractivity contribution in [2.24, 2.45) is 5.73 Å². The highest BCUT2D eigenvalue weighted by atomic mass is 16.1. The summed E-state index contributed by atoms with van der Waals surface area (Å²) in [5.41, 5.74) is 5.35. The topological polar surface area (TPSA) is 73.8 Å². The van der Waals surface area contributed by atoms with Gasteiger partial charge < -0.3 is 5.73 Å². The number of aryl methyl sites for hydroxylation is 1. The van der Waals surface area contributed by atoms with Crippen LogP contribution >= 0.6 is 0 Å². The third-order valence-electron chi connectivity index (χ3n) is 3.27. The molecule has 0 aliphatic carbocycles. The van der Waals surface area contributed by atoms with Crippen molar-refractivity contribution < 1.29 is 4.79 Å². The molecule has 96 valence electrons. The van der Waals surface area contributed by atoms with Gasteiger partial charge in [0.1, 0.15) is 12.2 Å². The molecule has 0 saturated heterocycles. The summed E-state index contributed by atoms with van der Waals surface area (Å²) in [6, 6.07) is 0. The van der Waals surface area contributed by atoms with Crippen molar-refractivity contribution in [2.75, 3.05) is 0 Å². The molecule has 0 radical (unpaired) electrons. The van der Waals surface area contributed by atoms with Gasteiger partial charge in [0.05, 0.1) is 12.0 Å². The number of nitrogens with zero attached hydrogens (tertiary/aromatic N) is 3. The van der Waals surface area contributed by atoms with Crippen LogP contribution in [0.5, 0.6) is 0 Å². The molecule has 17 heavy (non-hydrogen) atoms. The molecule has 0 amide bonds. The van der Waals surface area contributed by atoms with Gasteiger partial charge in [-0.05, 0) is 19.3 Å². The van der Waals surface area contributed by atoms with E-state index in [-0.39, 0.29) is 12.2 Å². The second kappa shape index (κ2) is 5.91. The number of Topliss-reactive ketones (excluding diaryl/α,β-unsaturated/α-hetero) is 1. The minimum atomic E-state index is -0.719. The van der Waals surface area contributed by atoms with E-state index in [0.717, 1.165) is 13.0 Å². The molecule has 0 aliphatic heterocycles. The molecule has 0 atom stereocenters. The van der Waals surface area contributed by atoms with E-state index in [1.165, 1.54) is 6.33 Å². The lowest BCUT2D eigenvalue weighted by atomic mass is 9.87. The number of carbonyl (C=O) groups is 1. The van der Waals surface area contributed by atoms with Crippen molar-refractivity contribution in [1.29, 1.82) is 0 Å².